The molecule has 0 spiro atoms. The molecule has 0 saturated heterocycles. The Balaban J connectivity index is 2.85. The second kappa shape index (κ2) is 1.66. The molecule has 0 atom stereocenters. The fourth-order valence-electron chi connectivity index (χ4n) is 0.920. The van der Waals surface area contributed by atoms with Crippen molar-refractivity contribution in [3.8, 4) is 0 Å². The van der Waals surface area contributed by atoms with Gasteiger partial charge in [0.2, 0.25) is 0 Å². The van der Waals surface area contributed by atoms with Crippen molar-refractivity contribution in [3.63, 3.8) is 0 Å². The van der Waals surface area contributed by atoms with Crippen LogP contribution in [-0.2, 0) is 0 Å². The SMILES string of the molecule is C=S1(=C)CC=C(C)C1. The summed E-state index contributed by atoms with van der Waals surface area (Å²) in [5, 5.41) is 0. The highest BCUT2D eigenvalue weighted by atomic mass is 32.2. The first-order valence-electron chi connectivity index (χ1n) is 2.71. The quantitative estimate of drug-likeness (QED) is 0.343. The lowest BCUT2D eigenvalue weighted by molar-refractivity contribution is 1.43. The van der Waals surface area contributed by atoms with Gasteiger partial charge in [0.15, 0.2) is 0 Å². The van der Waals surface area contributed by atoms with Crippen molar-refractivity contribution in [3.05, 3.63) is 11.6 Å². The second-order valence-electron chi connectivity index (χ2n) is 2.59. The molecular weight excluding hydrogens is 116 g/mol. The molecule has 0 fully saturated rings. The van der Waals surface area contributed by atoms with Crippen molar-refractivity contribution < 1.29 is 0 Å². The van der Waals surface area contributed by atoms with Crippen LogP contribution < -0.4 is 0 Å². The average Bonchev–Trinajstić information content (AvgIpc) is 1.82. The van der Waals surface area contributed by atoms with Crippen LogP contribution in [0.25, 0.3) is 0 Å². The van der Waals surface area contributed by atoms with Crippen molar-refractivity contribution in [1.82, 2.24) is 0 Å². The lowest BCUT2D eigenvalue weighted by atomic mass is 10.3. The van der Waals surface area contributed by atoms with Crippen LogP contribution in [0.15, 0.2) is 11.6 Å². The zero-order valence-corrected chi connectivity index (χ0v) is 6.13. The maximum absolute atomic E-state index is 4.04. The van der Waals surface area contributed by atoms with Gasteiger partial charge in [-0.3, -0.25) is 0 Å². The molecule has 0 aromatic carbocycles. The molecular formula is C7H12S. The van der Waals surface area contributed by atoms with E-state index in [9.17, 15) is 0 Å². The minimum Gasteiger partial charge on any atom is -0.207 e. The molecule has 0 aliphatic carbocycles. The second-order valence-corrected chi connectivity index (χ2v) is 5.66. The van der Waals surface area contributed by atoms with Gasteiger partial charge in [0, 0.05) is 11.5 Å². The van der Waals surface area contributed by atoms with Crippen LogP contribution >= 0.6 is 9.21 Å². The van der Waals surface area contributed by atoms with Crippen molar-refractivity contribution in [2.75, 3.05) is 11.5 Å². The van der Waals surface area contributed by atoms with E-state index >= 15 is 0 Å². The Kier molecular flexibility index (Phi) is 1.24. The molecule has 0 radical (unpaired) electrons. The molecule has 46 valence electrons. The third-order valence-corrected chi connectivity index (χ3v) is 3.26. The third kappa shape index (κ3) is 1.16. The van der Waals surface area contributed by atoms with Gasteiger partial charge >= 0.3 is 0 Å². The molecule has 0 amide bonds. The smallest absolute Gasteiger partial charge is 0.00416 e. The number of rotatable bonds is 0. The Bertz CT molecular complexity index is 205. The standard InChI is InChI=1S/C7H12S/c1-7-4-5-8(2,3)6-7/h4H,2-3,5-6H2,1H3. The van der Waals surface area contributed by atoms with E-state index in [1.54, 1.807) is 0 Å². The average molecular weight is 128 g/mol. The highest BCUT2D eigenvalue weighted by Crippen LogP contribution is 2.28. The first-order valence-corrected chi connectivity index (χ1v) is 5.01. The molecule has 0 bridgehead atoms. The van der Waals surface area contributed by atoms with Gasteiger partial charge < -0.3 is 0 Å². The summed E-state index contributed by atoms with van der Waals surface area (Å²) in [6.07, 6.45) is 2.26. The predicted molar refractivity (Wildman–Crippen MR) is 45.3 cm³/mol. The molecule has 1 aliphatic rings. The highest BCUT2D eigenvalue weighted by molar-refractivity contribution is 8.28. The van der Waals surface area contributed by atoms with E-state index in [2.05, 4.69) is 24.7 Å². The number of hydrogen-bond acceptors (Lipinski definition) is 0. The van der Waals surface area contributed by atoms with E-state index in [0.29, 0.717) is 0 Å². The third-order valence-electron chi connectivity index (χ3n) is 1.32. The summed E-state index contributed by atoms with van der Waals surface area (Å²) < 4.78 is 0. The molecule has 0 aromatic heterocycles. The van der Waals surface area contributed by atoms with Crippen LogP contribution in [0, 0.1) is 0 Å². The summed E-state index contributed by atoms with van der Waals surface area (Å²) in [5.41, 5.74) is 1.48. The van der Waals surface area contributed by atoms with Gasteiger partial charge in [-0.15, -0.1) is 0 Å². The van der Waals surface area contributed by atoms with Gasteiger partial charge in [0.05, 0.1) is 0 Å². The van der Waals surface area contributed by atoms with Gasteiger partial charge in [-0.1, -0.05) is 23.4 Å². The lowest BCUT2D eigenvalue weighted by Gasteiger charge is -2.00. The fourth-order valence-corrected chi connectivity index (χ4v) is 2.76. The van der Waals surface area contributed by atoms with E-state index in [4.69, 9.17) is 0 Å². The van der Waals surface area contributed by atoms with Crippen LogP contribution in [0.1, 0.15) is 6.92 Å². The Labute approximate surface area is 51.7 Å². The molecule has 0 N–H and O–H groups in total. The van der Waals surface area contributed by atoms with E-state index in [1.807, 2.05) is 0 Å². The molecule has 0 nitrogen and oxygen atoms in total. The Morgan fingerprint density at radius 1 is 1.62 bits per heavy atom. The zero-order chi connectivity index (χ0) is 6.20. The molecule has 8 heavy (non-hydrogen) atoms. The van der Waals surface area contributed by atoms with Crippen molar-refractivity contribution in [2.45, 2.75) is 6.92 Å². The first kappa shape index (κ1) is 5.96. The van der Waals surface area contributed by atoms with Gasteiger partial charge in [-0.05, 0) is 6.92 Å². The topological polar surface area (TPSA) is 0 Å². The van der Waals surface area contributed by atoms with E-state index in [1.165, 1.54) is 5.57 Å². The minimum absolute atomic E-state index is 0.688. The molecule has 1 aliphatic heterocycles. The molecule has 0 aromatic rings. The van der Waals surface area contributed by atoms with Crippen LogP contribution in [-0.4, -0.2) is 23.2 Å². The Morgan fingerprint density at radius 3 is 2.38 bits per heavy atom. The summed E-state index contributed by atoms with van der Waals surface area (Å²) in [7, 11) is -0.688. The summed E-state index contributed by atoms with van der Waals surface area (Å²) in [5.74, 6) is 10.4. The summed E-state index contributed by atoms with van der Waals surface area (Å²) >= 11 is 0. The molecule has 1 rings (SSSR count). The fraction of sp³-hybridized carbons (Fsp3) is 0.429. The minimum atomic E-state index is -0.688. The van der Waals surface area contributed by atoms with Crippen molar-refractivity contribution in [2.24, 2.45) is 0 Å². The monoisotopic (exact) mass is 128 g/mol. The highest BCUT2D eigenvalue weighted by Gasteiger charge is 2.03. The lowest BCUT2D eigenvalue weighted by Crippen LogP contribution is -1.79. The van der Waals surface area contributed by atoms with E-state index < -0.39 is 9.21 Å². The van der Waals surface area contributed by atoms with Gasteiger partial charge in [0.25, 0.3) is 0 Å². The van der Waals surface area contributed by atoms with Gasteiger partial charge in [-0.2, -0.15) is 0 Å². The van der Waals surface area contributed by atoms with Crippen molar-refractivity contribution >= 4 is 20.9 Å². The van der Waals surface area contributed by atoms with Crippen LogP contribution in [0.3, 0.4) is 0 Å². The number of hydrogen-bond donors (Lipinski definition) is 0. The Morgan fingerprint density at radius 2 is 2.25 bits per heavy atom. The molecule has 0 saturated carbocycles. The largest absolute Gasteiger partial charge is 0.207 e. The normalized spacial score (nSPS) is 25.4. The maximum Gasteiger partial charge on any atom is 0.00416 e. The van der Waals surface area contributed by atoms with Gasteiger partial charge in [-0.25, -0.2) is 9.21 Å². The van der Waals surface area contributed by atoms with E-state index in [-0.39, 0.29) is 0 Å². The molecule has 0 unspecified atom stereocenters. The zero-order valence-electron chi connectivity index (χ0n) is 5.31. The Hall–Kier alpha value is -0.170. The summed E-state index contributed by atoms with van der Waals surface area (Å²) in [6, 6.07) is 0. The molecule has 1 heteroatoms. The van der Waals surface area contributed by atoms with Gasteiger partial charge in [0.1, 0.15) is 0 Å². The van der Waals surface area contributed by atoms with Crippen molar-refractivity contribution in [1.29, 1.82) is 0 Å². The summed E-state index contributed by atoms with van der Waals surface area (Å²) in [6.45, 7) is 2.16. The van der Waals surface area contributed by atoms with Crippen LogP contribution in [0.4, 0.5) is 0 Å². The maximum atomic E-state index is 4.04. The predicted octanol–water partition coefficient (Wildman–Crippen LogP) is 1.61. The summed E-state index contributed by atoms with van der Waals surface area (Å²) in [4.78, 5) is 0. The van der Waals surface area contributed by atoms with Crippen LogP contribution in [0.5, 0.6) is 0 Å². The first-order chi connectivity index (χ1) is 3.60. The van der Waals surface area contributed by atoms with Crippen LogP contribution in [0.2, 0.25) is 0 Å². The molecule has 1 heterocycles. The van der Waals surface area contributed by atoms with E-state index in [0.717, 1.165) is 11.5 Å².